The van der Waals surface area contributed by atoms with Crippen molar-refractivity contribution in [2.75, 3.05) is 0 Å². The van der Waals surface area contributed by atoms with E-state index in [0.717, 1.165) is 6.42 Å². The summed E-state index contributed by atoms with van der Waals surface area (Å²) in [5.41, 5.74) is 13.2. The molecule has 3 rings (SSSR count). The summed E-state index contributed by atoms with van der Waals surface area (Å²) in [6.07, 6.45) is 3.62. The van der Waals surface area contributed by atoms with Gasteiger partial charge in [-0.3, -0.25) is 0 Å². The number of hydrogen-bond acceptors (Lipinski definition) is 1. The molecule has 0 saturated heterocycles. The zero-order valence-corrected chi connectivity index (χ0v) is 13.9. The molecule has 1 aromatic carbocycles. The Morgan fingerprint density at radius 2 is 1.30 bits per heavy atom. The van der Waals surface area contributed by atoms with Crippen LogP contribution in [0.25, 0.3) is 0 Å². The second-order valence-electron chi connectivity index (χ2n) is 8.95. The Bertz CT molecular complexity index is 563. The Labute approximate surface area is 124 Å². The van der Waals surface area contributed by atoms with E-state index < -0.39 is 0 Å². The molecule has 20 heavy (non-hydrogen) atoms. The lowest BCUT2D eigenvalue weighted by atomic mass is 9.62. The van der Waals surface area contributed by atoms with Crippen LogP contribution in [-0.4, -0.2) is 0 Å². The highest BCUT2D eigenvalue weighted by atomic mass is 14.7. The van der Waals surface area contributed by atoms with Gasteiger partial charge in [0.15, 0.2) is 0 Å². The van der Waals surface area contributed by atoms with Crippen LogP contribution in [0, 0.1) is 0 Å². The highest BCUT2D eigenvalue weighted by molar-refractivity contribution is 5.52. The summed E-state index contributed by atoms with van der Waals surface area (Å²) < 4.78 is 0. The van der Waals surface area contributed by atoms with Gasteiger partial charge in [-0.05, 0) is 57.8 Å². The molecule has 2 N–H and O–H groups in total. The topological polar surface area (TPSA) is 26.0 Å². The molecule has 1 nitrogen and oxygen atoms in total. The largest absolute Gasteiger partial charge is 0.324 e. The van der Waals surface area contributed by atoms with Gasteiger partial charge in [0, 0.05) is 6.04 Å². The van der Waals surface area contributed by atoms with Gasteiger partial charge >= 0.3 is 0 Å². The Balaban J connectivity index is 2.28. The standard InChI is InChI=1S/C19H29N/c1-17(2)7-8-18(3,4)15-10-13-12(9-14(15)17)16(20)11-19(13,5)6/h9-10,16H,7-8,11,20H2,1-6H3/t16-/m1/s1. The van der Waals surface area contributed by atoms with E-state index in [0.29, 0.717) is 5.41 Å². The number of hydrogen-bond donors (Lipinski definition) is 1. The summed E-state index contributed by atoms with van der Waals surface area (Å²) in [6, 6.07) is 5.16. The third-order valence-electron chi connectivity index (χ3n) is 5.88. The van der Waals surface area contributed by atoms with Crippen LogP contribution in [0.4, 0.5) is 0 Å². The first kappa shape index (κ1) is 14.1. The number of rotatable bonds is 0. The van der Waals surface area contributed by atoms with Crippen molar-refractivity contribution in [2.24, 2.45) is 5.73 Å². The molecule has 0 aromatic heterocycles. The number of benzene rings is 1. The van der Waals surface area contributed by atoms with E-state index in [2.05, 4.69) is 53.7 Å². The maximum Gasteiger partial charge on any atom is 0.0306 e. The van der Waals surface area contributed by atoms with E-state index in [9.17, 15) is 0 Å². The van der Waals surface area contributed by atoms with Gasteiger partial charge in [-0.2, -0.15) is 0 Å². The molecule has 0 heterocycles. The molecule has 2 aliphatic carbocycles. The van der Waals surface area contributed by atoms with Gasteiger partial charge in [0.2, 0.25) is 0 Å². The van der Waals surface area contributed by atoms with Crippen LogP contribution in [0.5, 0.6) is 0 Å². The van der Waals surface area contributed by atoms with Crippen LogP contribution in [0.3, 0.4) is 0 Å². The molecule has 0 bridgehead atoms. The molecule has 110 valence electrons. The predicted molar refractivity (Wildman–Crippen MR) is 86.3 cm³/mol. The molecule has 0 spiro atoms. The van der Waals surface area contributed by atoms with Crippen molar-refractivity contribution in [1.82, 2.24) is 0 Å². The van der Waals surface area contributed by atoms with Crippen LogP contribution in [0.15, 0.2) is 12.1 Å². The van der Waals surface area contributed by atoms with Crippen molar-refractivity contribution < 1.29 is 0 Å². The first-order valence-electron chi connectivity index (χ1n) is 8.00. The minimum atomic E-state index is 0.214. The number of fused-ring (bicyclic) bond motifs is 2. The van der Waals surface area contributed by atoms with E-state index in [1.165, 1.54) is 24.0 Å². The summed E-state index contributed by atoms with van der Waals surface area (Å²) >= 11 is 0. The Morgan fingerprint density at radius 1 is 0.800 bits per heavy atom. The normalized spacial score (nSPS) is 28.9. The molecule has 2 aliphatic rings. The van der Waals surface area contributed by atoms with E-state index in [4.69, 9.17) is 5.73 Å². The van der Waals surface area contributed by atoms with Crippen molar-refractivity contribution in [3.8, 4) is 0 Å². The van der Waals surface area contributed by atoms with Gasteiger partial charge in [-0.15, -0.1) is 0 Å². The van der Waals surface area contributed by atoms with Crippen LogP contribution in [0.1, 0.15) is 89.1 Å². The van der Waals surface area contributed by atoms with Crippen molar-refractivity contribution in [3.63, 3.8) is 0 Å². The van der Waals surface area contributed by atoms with Crippen LogP contribution < -0.4 is 5.73 Å². The maximum atomic E-state index is 6.41. The second-order valence-corrected chi connectivity index (χ2v) is 8.95. The molecule has 0 radical (unpaired) electrons. The average Bonchev–Trinajstić information content (AvgIpc) is 2.55. The third-order valence-corrected chi connectivity index (χ3v) is 5.88. The van der Waals surface area contributed by atoms with Crippen LogP contribution >= 0.6 is 0 Å². The third kappa shape index (κ3) is 1.86. The average molecular weight is 271 g/mol. The molecular weight excluding hydrogens is 242 g/mol. The summed E-state index contributed by atoms with van der Waals surface area (Å²) in [6.45, 7) is 14.3. The van der Waals surface area contributed by atoms with E-state index in [1.54, 1.807) is 11.1 Å². The molecule has 0 aliphatic heterocycles. The lowest BCUT2D eigenvalue weighted by Crippen LogP contribution is -2.34. The minimum absolute atomic E-state index is 0.214. The molecule has 0 unspecified atom stereocenters. The van der Waals surface area contributed by atoms with Gasteiger partial charge in [0.1, 0.15) is 0 Å². The predicted octanol–water partition coefficient (Wildman–Crippen LogP) is 4.72. The molecular formula is C19H29N. The molecule has 1 heteroatoms. The summed E-state index contributed by atoms with van der Waals surface area (Å²) in [5, 5.41) is 0. The van der Waals surface area contributed by atoms with Crippen LogP contribution in [0.2, 0.25) is 0 Å². The fourth-order valence-electron chi connectivity index (χ4n) is 4.29. The Kier molecular flexibility index (Phi) is 2.74. The van der Waals surface area contributed by atoms with E-state index >= 15 is 0 Å². The van der Waals surface area contributed by atoms with Crippen molar-refractivity contribution in [1.29, 1.82) is 0 Å². The van der Waals surface area contributed by atoms with Crippen molar-refractivity contribution in [2.45, 2.75) is 83.1 Å². The van der Waals surface area contributed by atoms with Crippen LogP contribution in [-0.2, 0) is 16.2 Å². The van der Waals surface area contributed by atoms with Gasteiger partial charge in [0.05, 0.1) is 0 Å². The van der Waals surface area contributed by atoms with Gasteiger partial charge in [-0.25, -0.2) is 0 Å². The van der Waals surface area contributed by atoms with E-state index in [-0.39, 0.29) is 16.9 Å². The van der Waals surface area contributed by atoms with Gasteiger partial charge in [0.25, 0.3) is 0 Å². The van der Waals surface area contributed by atoms with Gasteiger partial charge in [-0.1, -0.05) is 53.7 Å². The summed E-state index contributed by atoms with van der Waals surface area (Å²) in [7, 11) is 0. The molecule has 1 aromatic rings. The lowest BCUT2D eigenvalue weighted by Gasteiger charge is -2.42. The highest BCUT2D eigenvalue weighted by Gasteiger charge is 2.42. The second kappa shape index (κ2) is 3.88. The fraction of sp³-hybridized carbons (Fsp3) is 0.684. The molecule has 0 amide bonds. The number of nitrogens with two attached hydrogens (primary N) is 1. The molecule has 0 fully saturated rings. The Morgan fingerprint density at radius 3 is 1.85 bits per heavy atom. The SMILES string of the molecule is CC1(C)C[C@@H](N)c2cc3c(cc21)C(C)(C)CCC3(C)C. The zero-order chi connectivity index (χ0) is 14.9. The molecule has 0 saturated carbocycles. The first-order chi connectivity index (χ1) is 9.05. The molecule has 1 atom stereocenters. The minimum Gasteiger partial charge on any atom is -0.324 e. The van der Waals surface area contributed by atoms with Gasteiger partial charge < -0.3 is 5.73 Å². The summed E-state index contributed by atoms with van der Waals surface area (Å²) in [5.74, 6) is 0. The van der Waals surface area contributed by atoms with Crippen molar-refractivity contribution >= 4 is 0 Å². The lowest BCUT2D eigenvalue weighted by molar-refractivity contribution is 0.331. The Hall–Kier alpha value is -0.820. The maximum absolute atomic E-state index is 6.41. The monoisotopic (exact) mass is 271 g/mol. The quantitative estimate of drug-likeness (QED) is 0.726. The zero-order valence-electron chi connectivity index (χ0n) is 13.9. The fourth-order valence-corrected chi connectivity index (χ4v) is 4.29. The van der Waals surface area contributed by atoms with Crippen molar-refractivity contribution in [3.05, 3.63) is 34.4 Å². The van der Waals surface area contributed by atoms with E-state index in [1.807, 2.05) is 0 Å². The smallest absolute Gasteiger partial charge is 0.0306 e. The first-order valence-corrected chi connectivity index (χ1v) is 8.00. The summed E-state index contributed by atoms with van der Waals surface area (Å²) in [4.78, 5) is 0. The highest BCUT2D eigenvalue weighted by Crippen LogP contribution is 2.51.